The van der Waals surface area contributed by atoms with Crippen molar-refractivity contribution in [1.29, 1.82) is 10.8 Å². The van der Waals surface area contributed by atoms with Gasteiger partial charge in [-0.3, -0.25) is 54.5 Å². The molecule has 0 aliphatic rings. The zero-order valence-electron chi connectivity index (χ0n) is 56.2. The van der Waals surface area contributed by atoms with Gasteiger partial charge in [-0.25, -0.2) is 4.79 Å². The van der Waals surface area contributed by atoms with Gasteiger partial charge in [-0.1, -0.05) is 126 Å². The summed E-state index contributed by atoms with van der Waals surface area (Å²) in [7, 11) is 0. The van der Waals surface area contributed by atoms with E-state index in [0.29, 0.717) is 48.1 Å². The average Bonchev–Trinajstić information content (AvgIpc) is 0.897. The van der Waals surface area contributed by atoms with Crippen molar-refractivity contribution < 1.29 is 58.5 Å². The first-order valence-corrected chi connectivity index (χ1v) is 33.1. The van der Waals surface area contributed by atoms with E-state index in [0.717, 1.165) is 0 Å². The van der Waals surface area contributed by atoms with Crippen LogP contribution in [0.5, 0.6) is 11.5 Å². The predicted molar refractivity (Wildman–Crippen MR) is 369 cm³/mol. The van der Waals surface area contributed by atoms with Crippen LogP contribution in [0.3, 0.4) is 0 Å². The molecular formula is C69H102N16O12. The highest BCUT2D eigenvalue weighted by Crippen LogP contribution is 2.18. The number of phenolic OH excluding ortho intramolecular Hbond substituents is 2. The van der Waals surface area contributed by atoms with Crippen molar-refractivity contribution in [3.63, 3.8) is 0 Å². The number of Topliss-reactive ketones (excluding diaryl/α,β-unsaturated/α-hetero) is 1. The number of carbonyl (C=O) groups is 9. The molecule has 4 aromatic carbocycles. The van der Waals surface area contributed by atoms with E-state index in [1.807, 2.05) is 13.8 Å². The first-order valence-electron chi connectivity index (χ1n) is 33.1. The molecule has 0 saturated heterocycles. The van der Waals surface area contributed by atoms with Crippen LogP contribution in [-0.4, -0.2) is 160 Å². The molecule has 10 unspecified atom stereocenters. The molecule has 0 radical (unpaired) electrons. The molecule has 0 heterocycles. The third kappa shape index (κ3) is 29.1. The van der Waals surface area contributed by atoms with Crippen molar-refractivity contribution in [2.75, 3.05) is 19.6 Å². The average molecular weight is 1350 g/mol. The van der Waals surface area contributed by atoms with Gasteiger partial charge in [0.15, 0.2) is 17.7 Å². The number of hydrogen-bond donors (Lipinski definition) is 19. The minimum Gasteiger partial charge on any atom is -0.508 e. The third-order valence-electron chi connectivity index (χ3n) is 16.4. The lowest BCUT2D eigenvalue weighted by molar-refractivity contribution is -0.143. The summed E-state index contributed by atoms with van der Waals surface area (Å²) in [6, 6.07) is 16.9. The van der Waals surface area contributed by atoms with Gasteiger partial charge >= 0.3 is 5.97 Å². The van der Waals surface area contributed by atoms with Gasteiger partial charge in [-0.15, -0.1) is 0 Å². The van der Waals surface area contributed by atoms with Crippen molar-refractivity contribution in [3.8, 4) is 11.5 Å². The molecule has 0 aliphatic carbocycles. The first-order chi connectivity index (χ1) is 46.2. The van der Waals surface area contributed by atoms with Crippen LogP contribution in [0.2, 0.25) is 0 Å². The van der Waals surface area contributed by atoms with Gasteiger partial charge in [-0.2, -0.15) is 0 Å². The maximum atomic E-state index is 15.2. The molecule has 0 fully saturated rings. The number of unbranched alkanes of at least 4 members (excludes halogenated alkanes) is 1. The Morgan fingerprint density at radius 2 is 0.835 bits per heavy atom. The zero-order valence-corrected chi connectivity index (χ0v) is 56.2. The van der Waals surface area contributed by atoms with E-state index >= 15 is 14.4 Å². The van der Waals surface area contributed by atoms with Gasteiger partial charge in [0.05, 0.1) is 24.2 Å². The molecular weight excluding hydrogens is 1240 g/mol. The Hall–Kier alpha value is -9.67. The van der Waals surface area contributed by atoms with Crippen LogP contribution in [0.15, 0.2) is 109 Å². The van der Waals surface area contributed by atoms with Crippen molar-refractivity contribution in [1.82, 2.24) is 53.2 Å². The molecule has 28 heteroatoms. The largest absolute Gasteiger partial charge is 0.508 e. The van der Waals surface area contributed by atoms with Gasteiger partial charge in [-0.05, 0) is 136 Å². The fraction of sp³-hybridized carbons (Fsp3) is 0.493. The number of benzene rings is 4. The Bertz CT molecular complexity index is 3180. The fourth-order valence-corrected chi connectivity index (χ4v) is 10.7. The zero-order chi connectivity index (χ0) is 71.6. The Morgan fingerprint density at radius 3 is 1.28 bits per heavy atom. The quantitative estimate of drug-likeness (QED) is 0.0168. The number of guanidine groups is 2. The molecule has 4 aromatic rings. The summed E-state index contributed by atoms with van der Waals surface area (Å²) in [5.41, 5.74) is 25.8. The fourth-order valence-electron chi connectivity index (χ4n) is 10.7. The van der Waals surface area contributed by atoms with Crippen LogP contribution in [0.4, 0.5) is 0 Å². The van der Waals surface area contributed by atoms with E-state index in [9.17, 15) is 44.1 Å². The number of nitrogens with two attached hydrogens (primary N) is 4. The predicted octanol–water partition coefficient (Wildman–Crippen LogP) is 1.23. The van der Waals surface area contributed by atoms with Crippen molar-refractivity contribution in [2.24, 2.45) is 34.8 Å². The number of carbonyl (C=O) groups excluding carboxylic acids is 8. The monoisotopic (exact) mass is 1350 g/mol. The Labute approximate surface area is 567 Å². The lowest BCUT2D eigenvalue weighted by atomic mass is 9.94. The lowest BCUT2D eigenvalue weighted by Gasteiger charge is -2.31. The van der Waals surface area contributed by atoms with Crippen molar-refractivity contribution in [2.45, 2.75) is 185 Å². The van der Waals surface area contributed by atoms with Crippen LogP contribution in [0.25, 0.3) is 0 Å². The van der Waals surface area contributed by atoms with Crippen molar-refractivity contribution >= 4 is 65.0 Å². The number of hydrogen-bond acceptors (Lipinski definition) is 16. The summed E-state index contributed by atoms with van der Waals surface area (Å²) in [6.45, 7) is 9.30. The summed E-state index contributed by atoms with van der Waals surface area (Å²) >= 11 is 0. The van der Waals surface area contributed by atoms with Gasteiger partial charge in [0.2, 0.25) is 41.4 Å². The van der Waals surface area contributed by atoms with E-state index in [1.54, 1.807) is 106 Å². The standard InChI is InChI=1S/C69H102N16O12/c1-6-42(5)58(66(95)84-57(67(96)97)36-41(3)4)85-65(94)54(40-46-27-31-48(87)32-28-46)78-50(7-2)59(88)51(23-16-34-76-68(72)73)79-61(90)53(24-17-35-77-69(74)75)81-63(92)55(38-43-18-10-8-11-19-43)83-64(93)56(39-44-20-12-9-13-21-44)82-62(91)52(22-14-15-33-70)80-60(89)49(71)37-45-25-29-47(86)30-26-45/h8-13,18-21,25-32,41-42,49-58,78,86-87H,6-7,14-17,22-24,33-40,70-71H2,1-5H3,(H,79,90)(H,80,89)(H,81,92)(H,82,91)(H,83,93)(H,84,95)(H,85,94)(H,96,97)(H4,72,73,76)(H4,74,75,77)/t42?,49?,50?,51?,52-,53?,54?,55?,56?,57?,58?/m1/s1. The highest BCUT2D eigenvalue weighted by atomic mass is 16.4. The van der Waals surface area contributed by atoms with E-state index in [1.165, 1.54) is 24.3 Å². The van der Waals surface area contributed by atoms with E-state index in [2.05, 4.69) is 53.2 Å². The maximum Gasteiger partial charge on any atom is 0.326 e. The SMILES string of the molecule is CCC(NC(Cc1ccc(O)cc1)C(=O)NC(C(=O)NC(CC(C)C)C(=O)O)C(C)CC)C(=O)C(CCCNC(=N)N)NC(=O)C(CCCNC(=N)N)NC(=O)C(Cc1ccccc1)NC(=O)C(Cc1ccccc1)NC(=O)[C@@H](CCCCN)NC(=O)C(N)Cc1ccc(O)cc1. The molecule has 23 N–H and O–H groups in total. The van der Waals surface area contributed by atoms with E-state index in [-0.39, 0.29) is 113 Å². The Morgan fingerprint density at radius 1 is 0.443 bits per heavy atom. The van der Waals surface area contributed by atoms with Gasteiger partial charge < -0.3 is 86.1 Å². The highest BCUT2D eigenvalue weighted by Gasteiger charge is 2.38. The maximum absolute atomic E-state index is 15.2. The number of carboxylic acid groups (broad SMARTS) is 1. The second kappa shape index (κ2) is 42.0. The molecule has 11 atom stereocenters. The van der Waals surface area contributed by atoms with Crippen LogP contribution in [-0.2, 0) is 68.8 Å². The second-order valence-electron chi connectivity index (χ2n) is 24.8. The Kier molecular flexibility index (Phi) is 34.5. The summed E-state index contributed by atoms with van der Waals surface area (Å²) in [5, 5.41) is 73.5. The molecule has 530 valence electrons. The molecule has 0 aromatic heterocycles. The molecule has 0 aliphatic heterocycles. The summed E-state index contributed by atoms with van der Waals surface area (Å²) in [6.07, 6.45) is 1.53. The minimum absolute atomic E-state index is 0.0299. The second-order valence-corrected chi connectivity index (χ2v) is 24.8. The third-order valence-corrected chi connectivity index (χ3v) is 16.4. The van der Waals surface area contributed by atoms with Crippen LogP contribution in [0.1, 0.15) is 121 Å². The number of carboxylic acids is 1. The highest BCUT2D eigenvalue weighted by molar-refractivity contribution is 5.98. The molecule has 0 spiro atoms. The van der Waals surface area contributed by atoms with E-state index < -0.39 is 119 Å². The van der Waals surface area contributed by atoms with Crippen LogP contribution in [0, 0.1) is 22.7 Å². The number of aliphatic carboxylic acids is 1. The number of ketones is 1. The number of phenols is 2. The Balaban J connectivity index is 1.73. The normalized spacial score (nSPS) is 14.6. The number of aromatic hydroxyl groups is 2. The summed E-state index contributed by atoms with van der Waals surface area (Å²) in [5.74, 6) is -8.46. The van der Waals surface area contributed by atoms with Gasteiger partial charge in [0.1, 0.15) is 47.8 Å². The van der Waals surface area contributed by atoms with Crippen molar-refractivity contribution in [3.05, 3.63) is 131 Å². The molecule has 97 heavy (non-hydrogen) atoms. The molecule has 0 saturated carbocycles. The summed E-state index contributed by atoms with van der Waals surface area (Å²) in [4.78, 5) is 129. The number of rotatable bonds is 44. The molecule has 4 rings (SSSR count). The molecule has 0 bridgehead atoms. The smallest absolute Gasteiger partial charge is 0.326 e. The first kappa shape index (κ1) is 79.8. The van der Waals surface area contributed by atoms with Gasteiger partial charge in [0, 0.05) is 25.9 Å². The number of amides is 7. The number of nitrogens with one attached hydrogen (secondary N) is 12. The van der Waals surface area contributed by atoms with Crippen LogP contribution >= 0.6 is 0 Å². The van der Waals surface area contributed by atoms with Crippen LogP contribution < -0.4 is 76.1 Å². The topological polar surface area (TPSA) is 486 Å². The minimum atomic E-state index is -1.44. The summed E-state index contributed by atoms with van der Waals surface area (Å²) < 4.78 is 0. The lowest BCUT2D eigenvalue weighted by Crippen LogP contribution is -2.61. The molecule has 7 amide bonds. The molecule has 28 nitrogen and oxygen atoms in total. The van der Waals surface area contributed by atoms with Gasteiger partial charge in [0.25, 0.3) is 0 Å². The van der Waals surface area contributed by atoms with E-state index in [4.69, 9.17) is 33.8 Å².